The Bertz CT molecular complexity index is 1240. The SMILES string of the molecule is C/C=C\N=NNc1cc(NC(=O)N[C@H](C)CCN2CCC[C@@H](Cc3ccc(F)cc3)C2)cc(-n2ccnn2)c1. The van der Waals surface area contributed by atoms with Crippen molar-refractivity contribution >= 4 is 17.4 Å². The summed E-state index contributed by atoms with van der Waals surface area (Å²) in [5, 5.41) is 21.6. The maximum atomic E-state index is 13.2. The van der Waals surface area contributed by atoms with Gasteiger partial charge in [0.05, 0.1) is 23.8 Å². The highest BCUT2D eigenvalue weighted by Gasteiger charge is 2.21. The Morgan fingerprint density at radius 2 is 2.05 bits per heavy atom. The number of likely N-dealkylation sites (tertiary alicyclic amines) is 1. The van der Waals surface area contributed by atoms with E-state index in [0.29, 0.717) is 23.0 Å². The van der Waals surface area contributed by atoms with Gasteiger partial charge in [-0.25, -0.2) is 13.9 Å². The zero-order valence-corrected chi connectivity index (χ0v) is 22.4. The van der Waals surface area contributed by atoms with Gasteiger partial charge in [-0.2, -0.15) is 0 Å². The standard InChI is InChI=1S/C28H36FN9O/c1-3-11-30-35-34-26-17-25(18-27(19-26)38-15-12-31-36-38)33-28(39)32-21(2)10-14-37-13-4-5-23(20-37)16-22-6-8-24(29)9-7-22/h3,6-9,11-12,15,17-19,21,23H,4-5,10,13-14,16,20H2,1-2H3,(H,30,34)(H2,32,33,39)/b11-3-/t21-,23+/m1/s1. The van der Waals surface area contributed by atoms with Crippen LogP contribution in [0.4, 0.5) is 20.6 Å². The van der Waals surface area contributed by atoms with Gasteiger partial charge in [-0.15, -0.1) is 10.2 Å². The number of nitrogens with zero attached hydrogens (tertiary/aromatic N) is 6. The van der Waals surface area contributed by atoms with Crippen molar-refractivity contribution in [1.82, 2.24) is 25.2 Å². The lowest BCUT2D eigenvalue weighted by molar-refractivity contribution is 0.168. The summed E-state index contributed by atoms with van der Waals surface area (Å²) in [4.78, 5) is 15.3. The molecule has 206 valence electrons. The van der Waals surface area contributed by atoms with Gasteiger partial charge in [-0.1, -0.05) is 28.6 Å². The van der Waals surface area contributed by atoms with E-state index in [0.717, 1.165) is 38.9 Å². The molecule has 39 heavy (non-hydrogen) atoms. The van der Waals surface area contributed by atoms with E-state index < -0.39 is 0 Å². The second-order valence-electron chi connectivity index (χ2n) is 9.85. The quantitative estimate of drug-likeness (QED) is 0.220. The summed E-state index contributed by atoms with van der Waals surface area (Å²) in [6, 6.07) is 12.0. The first-order valence-electron chi connectivity index (χ1n) is 13.3. The van der Waals surface area contributed by atoms with Crippen LogP contribution in [0.1, 0.15) is 38.7 Å². The van der Waals surface area contributed by atoms with Gasteiger partial charge in [-0.3, -0.25) is 5.43 Å². The van der Waals surface area contributed by atoms with Gasteiger partial charge in [0, 0.05) is 31.0 Å². The van der Waals surface area contributed by atoms with Gasteiger partial charge in [0.2, 0.25) is 0 Å². The van der Waals surface area contributed by atoms with Gasteiger partial charge in [0.1, 0.15) is 5.82 Å². The van der Waals surface area contributed by atoms with E-state index in [4.69, 9.17) is 0 Å². The number of carbonyl (C=O) groups excluding carboxylic acids is 1. The number of piperidine rings is 1. The molecule has 1 fully saturated rings. The fourth-order valence-corrected chi connectivity index (χ4v) is 4.73. The van der Waals surface area contributed by atoms with Crippen LogP contribution in [-0.4, -0.2) is 51.6 Å². The number of allylic oxidation sites excluding steroid dienone is 1. The van der Waals surface area contributed by atoms with E-state index in [1.165, 1.54) is 24.1 Å². The van der Waals surface area contributed by atoms with Crippen LogP contribution in [0, 0.1) is 11.7 Å². The largest absolute Gasteiger partial charge is 0.335 e. The molecule has 0 unspecified atom stereocenters. The molecule has 1 aromatic heterocycles. The molecular formula is C28H36FN9O. The number of hydrogen-bond acceptors (Lipinski definition) is 6. The molecule has 2 heterocycles. The molecule has 2 atom stereocenters. The summed E-state index contributed by atoms with van der Waals surface area (Å²) in [6.45, 7) is 6.86. The Hall–Kier alpha value is -4.12. The molecule has 0 aliphatic carbocycles. The third kappa shape index (κ3) is 8.99. The highest BCUT2D eigenvalue weighted by atomic mass is 19.1. The topological polar surface area (TPSA) is 112 Å². The minimum atomic E-state index is -0.285. The number of halogens is 1. The summed E-state index contributed by atoms with van der Waals surface area (Å²) in [6.07, 6.45) is 10.8. The van der Waals surface area contributed by atoms with Crippen LogP contribution >= 0.6 is 0 Å². The van der Waals surface area contributed by atoms with Crippen molar-refractivity contribution in [2.24, 2.45) is 16.3 Å². The summed E-state index contributed by atoms with van der Waals surface area (Å²) >= 11 is 0. The van der Waals surface area contributed by atoms with E-state index in [9.17, 15) is 9.18 Å². The molecule has 1 aliphatic rings. The Morgan fingerprint density at radius 1 is 1.23 bits per heavy atom. The number of urea groups is 1. The number of rotatable bonds is 11. The molecule has 1 aliphatic heterocycles. The van der Waals surface area contributed by atoms with Crippen LogP contribution in [0.3, 0.4) is 0 Å². The molecule has 3 N–H and O–H groups in total. The number of nitrogens with one attached hydrogen (secondary N) is 3. The van der Waals surface area contributed by atoms with Crippen molar-refractivity contribution in [3.8, 4) is 5.69 Å². The summed E-state index contributed by atoms with van der Waals surface area (Å²) < 4.78 is 14.8. The molecule has 11 heteroatoms. The first kappa shape index (κ1) is 27.9. The van der Waals surface area contributed by atoms with E-state index in [-0.39, 0.29) is 17.9 Å². The van der Waals surface area contributed by atoms with E-state index in [1.807, 2.05) is 38.1 Å². The summed E-state index contributed by atoms with van der Waals surface area (Å²) in [5.41, 5.74) is 5.98. The maximum Gasteiger partial charge on any atom is 0.319 e. The van der Waals surface area contributed by atoms with Crippen LogP contribution in [0.5, 0.6) is 0 Å². The first-order chi connectivity index (χ1) is 19.0. The number of anilines is 2. The molecular weight excluding hydrogens is 497 g/mol. The third-order valence-electron chi connectivity index (χ3n) is 6.61. The van der Waals surface area contributed by atoms with Gasteiger partial charge >= 0.3 is 6.03 Å². The molecule has 0 saturated carbocycles. The first-order valence-corrected chi connectivity index (χ1v) is 13.3. The fourth-order valence-electron chi connectivity index (χ4n) is 4.73. The van der Waals surface area contributed by atoms with Crippen LogP contribution in [-0.2, 0) is 6.42 Å². The average molecular weight is 534 g/mol. The highest BCUT2D eigenvalue weighted by molar-refractivity contribution is 5.90. The number of benzene rings is 2. The van der Waals surface area contributed by atoms with Gasteiger partial charge in [0.15, 0.2) is 0 Å². The molecule has 10 nitrogen and oxygen atoms in total. The Balaban J connectivity index is 1.27. The summed E-state index contributed by atoms with van der Waals surface area (Å²) in [5.74, 6) is 0.370. The van der Waals surface area contributed by atoms with Crippen LogP contribution in [0.25, 0.3) is 5.69 Å². The van der Waals surface area contributed by atoms with E-state index in [2.05, 4.69) is 41.6 Å². The fraction of sp³-hybridized carbons (Fsp3) is 0.393. The predicted molar refractivity (Wildman–Crippen MR) is 150 cm³/mol. The van der Waals surface area contributed by atoms with E-state index >= 15 is 0 Å². The highest BCUT2D eigenvalue weighted by Crippen LogP contribution is 2.23. The number of carbonyl (C=O) groups is 1. The maximum absolute atomic E-state index is 13.2. The van der Waals surface area contributed by atoms with Gasteiger partial charge in [-0.05, 0) is 87.9 Å². The predicted octanol–water partition coefficient (Wildman–Crippen LogP) is 5.57. The van der Waals surface area contributed by atoms with Crippen molar-refractivity contribution in [3.63, 3.8) is 0 Å². The molecule has 3 aromatic rings. The van der Waals surface area contributed by atoms with Crippen molar-refractivity contribution in [2.75, 3.05) is 30.4 Å². The molecule has 0 radical (unpaired) electrons. The lowest BCUT2D eigenvalue weighted by Crippen LogP contribution is -2.41. The van der Waals surface area contributed by atoms with Crippen molar-refractivity contribution < 1.29 is 9.18 Å². The molecule has 2 aromatic carbocycles. The monoisotopic (exact) mass is 533 g/mol. The molecule has 0 bridgehead atoms. The van der Waals surface area contributed by atoms with Gasteiger partial charge < -0.3 is 15.5 Å². The minimum absolute atomic E-state index is 0.00630. The van der Waals surface area contributed by atoms with Crippen LogP contribution in [0.2, 0.25) is 0 Å². The third-order valence-corrected chi connectivity index (χ3v) is 6.61. The lowest BCUT2D eigenvalue weighted by Gasteiger charge is -2.33. The Labute approximate surface area is 228 Å². The number of hydrogen-bond donors (Lipinski definition) is 3. The minimum Gasteiger partial charge on any atom is -0.335 e. The molecule has 0 spiro atoms. The molecule has 2 amide bonds. The normalized spacial score (nSPS) is 16.9. The Kier molecular flexibility index (Phi) is 10.1. The van der Waals surface area contributed by atoms with Crippen LogP contribution < -0.4 is 16.1 Å². The zero-order valence-electron chi connectivity index (χ0n) is 22.4. The smallest absolute Gasteiger partial charge is 0.319 e. The second-order valence-corrected chi connectivity index (χ2v) is 9.85. The zero-order chi connectivity index (χ0) is 27.5. The second kappa shape index (κ2) is 14.1. The van der Waals surface area contributed by atoms with Gasteiger partial charge in [0.25, 0.3) is 0 Å². The van der Waals surface area contributed by atoms with Crippen molar-refractivity contribution in [3.05, 3.63) is 78.5 Å². The molecule has 4 rings (SSSR count). The number of amides is 2. The van der Waals surface area contributed by atoms with Crippen molar-refractivity contribution in [2.45, 2.75) is 45.6 Å². The Morgan fingerprint density at radius 3 is 2.82 bits per heavy atom. The van der Waals surface area contributed by atoms with Crippen molar-refractivity contribution in [1.29, 1.82) is 0 Å². The van der Waals surface area contributed by atoms with E-state index in [1.54, 1.807) is 35.4 Å². The summed E-state index contributed by atoms with van der Waals surface area (Å²) in [7, 11) is 0. The number of aromatic nitrogens is 3. The van der Waals surface area contributed by atoms with Crippen LogP contribution in [0.15, 0.2) is 77.5 Å². The average Bonchev–Trinajstić information content (AvgIpc) is 3.47. The molecule has 1 saturated heterocycles. The lowest BCUT2D eigenvalue weighted by atomic mass is 9.91.